The minimum absolute atomic E-state index is 0.126. The maximum absolute atomic E-state index is 5.56. The average Bonchev–Trinajstić information content (AvgIpc) is 3.52. The highest BCUT2D eigenvalue weighted by Crippen LogP contribution is 2.41. The number of rotatable bonds is 3. The number of aromatic nitrogens is 2. The first-order valence-corrected chi connectivity index (χ1v) is 9.43. The molecule has 0 bridgehead atoms. The SMILES string of the molecule is C1=CC(c2nc(-c3ccc4c(c3)OCO4)c(-c3ccc4c(c3)OCO4)[nH]2)N=CC1. The van der Waals surface area contributed by atoms with E-state index in [4.69, 9.17) is 23.9 Å². The van der Waals surface area contributed by atoms with Crippen LogP contribution in [0.2, 0.25) is 0 Å². The Balaban J connectivity index is 1.50. The van der Waals surface area contributed by atoms with Gasteiger partial charge in [-0.3, -0.25) is 4.99 Å². The molecule has 1 unspecified atom stereocenters. The summed E-state index contributed by atoms with van der Waals surface area (Å²) in [6.45, 7) is 0.477. The average molecular weight is 387 g/mol. The molecule has 6 rings (SSSR count). The minimum atomic E-state index is -0.126. The van der Waals surface area contributed by atoms with Gasteiger partial charge in [-0.15, -0.1) is 0 Å². The summed E-state index contributed by atoms with van der Waals surface area (Å²) >= 11 is 0. The third-order valence-corrected chi connectivity index (χ3v) is 5.14. The smallest absolute Gasteiger partial charge is 0.231 e. The summed E-state index contributed by atoms with van der Waals surface area (Å²) in [6.07, 6.45) is 6.92. The molecular weight excluding hydrogens is 370 g/mol. The van der Waals surface area contributed by atoms with Crippen LogP contribution in [-0.4, -0.2) is 29.8 Å². The summed E-state index contributed by atoms with van der Waals surface area (Å²) in [7, 11) is 0. The lowest BCUT2D eigenvalue weighted by molar-refractivity contribution is 0.173. The molecule has 0 saturated carbocycles. The van der Waals surface area contributed by atoms with E-state index in [0.717, 1.165) is 57.8 Å². The van der Waals surface area contributed by atoms with Crippen LogP contribution in [0.3, 0.4) is 0 Å². The van der Waals surface area contributed by atoms with Crippen LogP contribution in [0.4, 0.5) is 0 Å². The molecule has 0 spiro atoms. The van der Waals surface area contributed by atoms with Crippen molar-refractivity contribution in [3.63, 3.8) is 0 Å². The highest BCUT2D eigenvalue weighted by atomic mass is 16.7. The molecule has 0 fully saturated rings. The zero-order valence-corrected chi connectivity index (χ0v) is 15.4. The Hall–Kier alpha value is -3.74. The Morgan fingerprint density at radius 2 is 1.52 bits per heavy atom. The second kappa shape index (κ2) is 6.41. The van der Waals surface area contributed by atoms with E-state index in [1.54, 1.807) is 0 Å². The van der Waals surface area contributed by atoms with Gasteiger partial charge in [-0.25, -0.2) is 4.98 Å². The second-order valence-electron chi connectivity index (χ2n) is 6.92. The number of hydrogen-bond donors (Lipinski definition) is 1. The van der Waals surface area contributed by atoms with Crippen LogP contribution in [0, 0.1) is 0 Å². The van der Waals surface area contributed by atoms with Crippen LogP contribution in [0.15, 0.2) is 53.5 Å². The summed E-state index contributed by atoms with van der Waals surface area (Å²) < 4.78 is 22.0. The Labute approximate surface area is 166 Å². The number of aliphatic imine (C=N–C) groups is 1. The number of nitrogens with one attached hydrogen (secondary N) is 1. The van der Waals surface area contributed by atoms with Gasteiger partial charge in [0.2, 0.25) is 13.6 Å². The number of aromatic amines is 1. The first kappa shape index (κ1) is 16.2. The number of ether oxygens (including phenoxy) is 4. The lowest BCUT2D eigenvalue weighted by atomic mass is 10.0. The quantitative estimate of drug-likeness (QED) is 0.679. The van der Waals surface area contributed by atoms with Crippen molar-refractivity contribution in [1.29, 1.82) is 0 Å². The molecule has 29 heavy (non-hydrogen) atoms. The highest BCUT2D eigenvalue weighted by molar-refractivity contribution is 5.81. The number of dihydropyridines is 1. The molecule has 3 aromatic rings. The highest BCUT2D eigenvalue weighted by Gasteiger charge is 2.23. The number of allylic oxidation sites excluding steroid dienone is 1. The molecule has 1 atom stereocenters. The van der Waals surface area contributed by atoms with Gasteiger partial charge in [-0.05, 0) is 36.4 Å². The molecule has 1 aromatic heterocycles. The zero-order valence-electron chi connectivity index (χ0n) is 15.4. The van der Waals surface area contributed by atoms with E-state index in [1.807, 2.05) is 42.6 Å². The molecule has 0 aliphatic carbocycles. The molecule has 144 valence electrons. The molecule has 2 aromatic carbocycles. The zero-order chi connectivity index (χ0) is 19.2. The Bertz CT molecular complexity index is 1080. The number of hydrogen-bond acceptors (Lipinski definition) is 6. The van der Waals surface area contributed by atoms with E-state index >= 15 is 0 Å². The maximum Gasteiger partial charge on any atom is 0.231 e. The summed E-state index contributed by atoms with van der Waals surface area (Å²) in [6, 6.07) is 11.6. The first-order valence-electron chi connectivity index (χ1n) is 9.43. The molecule has 0 amide bonds. The molecule has 0 radical (unpaired) electrons. The predicted octanol–water partition coefficient (Wildman–Crippen LogP) is 4.27. The van der Waals surface area contributed by atoms with Gasteiger partial charge < -0.3 is 23.9 Å². The lowest BCUT2D eigenvalue weighted by Crippen LogP contribution is -1.98. The minimum Gasteiger partial charge on any atom is -0.454 e. The molecule has 3 aliphatic heterocycles. The monoisotopic (exact) mass is 387 g/mol. The Morgan fingerprint density at radius 1 is 0.828 bits per heavy atom. The lowest BCUT2D eigenvalue weighted by Gasteiger charge is -2.07. The van der Waals surface area contributed by atoms with Crippen LogP contribution >= 0.6 is 0 Å². The summed E-state index contributed by atoms with van der Waals surface area (Å²) in [5, 5.41) is 0. The van der Waals surface area contributed by atoms with Crippen molar-refractivity contribution in [2.24, 2.45) is 4.99 Å². The second-order valence-corrected chi connectivity index (χ2v) is 6.92. The summed E-state index contributed by atoms with van der Waals surface area (Å²) in [4.78, 5) is 13.0. The molecule has 7 nitrogen and oxygen atoms in total. The van der Waals surface area contributed by atoms with Crippen molar-refractivity contribution >= 4 is 6.21 Å². The van der Waals surface area contributed by atoms with Crippen molar-refractivity contribution in [2.45, 2.75) is 12.5 Å². The van der Waals surface area contributed by atoms with Gasteiger partial charge >= 0.3 is 0 Å². The summed E-state index contributed by atoms with van der Waals surface area (Å²) in [5.74, 6) is 3.73. The largest absolute Gasteiger partial charge is 0.454 e. The van der Waals surface area contributed by atoms with Crippen LogP contribution in [-0.2, 0) is 0 Å². The topological polar surface area (TPSA) is 78.0 Å². The fraction of sp³-hybridized carbons (Fsp3) is 0.182. The number of imidazole rings is 1. The van der Waals surface area contributed by atoms with E-state index in [2.05, 4.69) is 22.1 Å². The Kier molecular flexibility index (Phi) is 3.59. The third kappa shape index (κ3) is 2.74. The van der Waals surface area contributed by atoms with Gasteiger partial charge in [0.05, 0.1) is 11.4 Å². The van der Waals surface area contributed by atoms with Gasteiger partial charge in [0.25, 0.3) is 0 Å². The molecule has 7 heteroatoms. The van der Waals surface area contributed by atoms with E-state index in [1.165, 1.54) is 0 Å². The normalized spacial score (nSPS) is 18.4. The van der Waals surface area contributed by atoms with Crippen LogP contribution in [0.5, 0.6) is 23.0 Å². The molecule has 4 heterocycles. The molecule has 0 saturated heterocycles. The van der Waals surface area contributed by atoms with E-state index < -0.39 is 0 Å². The fourth-order valence-electron chi connectivity index (χ4n) is 3.70. The van der Waals surface area contributed by atoms with Gasteiger partial charge in [0.1, 0.15) is 11.9 Å². The molecule has 1 N–H and O–H groups in total. The van der Waals surface area contributed by atoms with Gasteiger partial charge in [0, 0.05) is 23.8 Å². The van der Waals surface area contributed by atoms with Gasteiger partial charge in [0.15, 0.2) is 23.0 Å². The predicted molar refractivity (Wildman–Crippen MR) is 107 cm³/mol. The third-order valence-electron chi connectivity index (χ3n) is 5.14. The molecular formula is C22H17N3O4. The van der Waals surface area contributed by atoms with Gasteiger partial charge in [-0.2, -0.15) is 0 Å². The van der Waals surface area contributed by atoms with Crippen molar-refractivity contribution in [2.75, 3.05) is 13.6 Å². The Morgan fingerprint density at radius 3 is 2.24 bits per heavy atom. The number of benzene rings is 2. The maximum atomic E-state index is 5.56. The van der Waals surface area contributed by atoms with Crippen LogP contribution < -0.4 is 18.9 Å². The number of fused-ring (bicyclic) bond motifs is 2. The van der Waals surface area contributed by atoms with E-state index in [0.29, 0.717) is 0 Å². The first-order chi connectivity index (χ1) is 14.3. The van der Waals surface area contributed by atoms with Crippen molar-refractivity contribution in [3.8, 4) is 45.5 Å². The fourth-order valence-corrected chi connectivity index (χ4v) is 3.70. The van der Waals surface area contributed by atoms with E-state index in [-0.39, 0.29) is 19.6 Å². The standard InChI is InChI=1S/C22H17N3O4/c1-2-8-23-15(3-1)22-24-20(13-4-6-16-18(9-13)28-11-26-16)21(25-22)14-5-7-17-19(10-14)29-12-27-17/h1,3-10,15H,2,11-12H2,(H,24,25). The van der Waals surface area contributed by atoms with Crippen molar-refractivity contribution in [1.82, 2.24) is 9.97 Å². The van der Waals surface area contributed by atoms with Crippen LogP contribution in [0.1, 0.15) is 18.3 Å². The number of nitrogens with zero attached hydrogens (tertiary/aromatic N) is 2. The summed E-state index contributed by atoms with van der Waals surface area (Å²) in [5.41, 5.74) is 3.62. The van der Waals surface area contributed by atoms with Crippen molar-refractivity contribution in [3.05, 3.63) is 54.4 Å². The number of H-pyrrole nitrogens is 1. The van der Waals surface area contributed by atoms with Crippen LogP contribution in [0.25, 0.3) is 22.5 Å². The van der Waals surface area contributed by atoms with Crippen molar-refractivity contribution < 1.29 is 18.9 Å². The molecule has 3 aliphatic rings. The van der Waals surface area contributed by atoms with Gasteiger partial charge in [-0.1, -0.05) is 12.2 Å². The van der Waals surface area contributed by atoms with E-state index in [9.17, 15) is 0 Å².